The summed E-state index contributed by atoms with van der Waals surface area (Å²) in [4.78, 5) is 27.9. The van der Waals surface area contributed by atoms with E-state index in [9.17, 15) is 9.59 Å². The topological polar surface area (TPSA) is 61.9 Å². The number of carbonyl (C=O) groups is 2. The highest BCUT2D eigenvalue weighted by molar-refractivity contribution is 9.10. The van der Waals surface area contributed by atoms with E-state index in [2.05, 4.69) is 21.2 Å². The van der Waals surface area contributed by atoms with E-state index >= 15 is 0 Å². The first-order chi connectivity index (χ1) is 13.3. The molecule has 0 saturated heterocycles. The van der Waals surface area contributed by atoms with Crippen LogP contribution in [0.3, 0.4) is 0 Å². The number of halogens is 2. The SMILES string of the molecule is COc1ccc(Br)cc1CN(C)CC(=O)N(C)CC(=O)Nc1ccccc1Cl. The first kappa shape index (κ1) is 22.2. The number of hydrogen-bond donors (Lipinski definition) is 1. The van der Waals surface area contributed by atoms with Gasteiger partial charge in [-0.15, -0.1) is 0 Å². The molecular formula is C20H23BrClN3O3. The summed E-state index contributed by atoms with van der Waals surface area (Å²) < 4.78 is 6.31. The Bertz CT molecular complexity index is 847. The molecule has 0 saturated carbocycles. The van der Waals surface area contributed by atoms with Gasteiger partial charge in [0.05, 0.1) is 30.9 Å². The number of carbonyl (C=O) groups excluding carboxylic acids is 2. The molecule has 6 nitrogen and oxygen atoms in total. The lowest BCUT2D eigenvalue weighted by Crippen LogP contribution is -2.40. The van der Waals surface area contributed by atoms with Gasteiger partial charge in [-0.3, -0.25) is 14.5 Å². The predicted octanol–water partition coefficient (Wildman–Crippen LogP) is 3.64. The smallest absolute Gasteiger partial charge is 0.244 e. The van der Waals surface area contributed by atoms with Crippen molar-refractivity contribution >= 4 is 45.0 Å². The monoisotopic (exact) mass is 467 g/mol. The maximum atomic E-state index is 12.5. The molecule has 0 aliphatic heterocycles. The zero-order chi connectivity index (χ0) is 20.7. The Balaban J connectivity index is 1.88. The van der Waals surface area contributed by atoms with Crippen LogP contribution in [0, 0.1) is 0 Å². The number of likely N-dealkylation sites (N-methyl/N-ethyl adjacent to an activating group) is 2. The molecule has 8 heteroatoms. The lowest BCUT2D eigenvalue weighted by molar-refractivity contribution is -0.134. The van der Waals surface area contributed by atoms with Crippen LogP contribution in [0.5, 0.6) is 5.75 Å². The molecule has 1 N–H and O–H groups in total. The minimum absolute atomic E-state index is 0.0574. The number of para-hydroxylation sites is 1. The number of amides is 2. The van der Waals surface area contributed by atoms with E-state index in [0.29, 0.717) is 17.3 Å². The second-order valence-corrected chi connectivity index (χ2v) is 7.73. The van der Waals surface area contributed by atoms with Crippen LogP contribution >= 0.6 is 27.5 Å². The zero-order valence-electron chi connectivity index (χ0n) is 16.0. The Hall–Kier alpha value is -2.09. The molecule has 28 heavy (non-hydrogen) atoms. The summed E-state index contributed by atoms with van der Waals surface area (Å²) in [5.41, 5.74) is 1.49. The molecule has 0 heterocycles. The number of nitrogens with one attached hydrogen (secondary N) is 1. The summed E-state index contributed by atoms with van der Waals surface area (Å²) in [6.07, 6.45) is 0. The molecule has 0 bridgehead atoms. The summed E-state index contributed by atoms with van der Waals surface area (Å²) >= 11 is 9.48. The normalized spacial score (nSPS) is 10.6. The third kappa shape index (κ3) is 6.51. The Morgan fingerprint density at radius 1 is 1.14 bits per heavy atom. The van der Waals surface area contributed by atoms with Gasteiger partial charge in [0.25, 0.3) is 0 Å². The molecule has 150 valence electrons. The first-order valence-corrected chi connectivity index (χ1v) is 9.76. The summed E-state index contributed by atoms with van der Waals surface area (Å²) in [6.45, 7) is 0.650. The standard InChI is InChI=1S/C20H23BrClN3O3/c1-24(11-14-10-15(21)8-9-18(14)28-3)13-20(27)25(2)12-19(26)23-17-7-5-4-6-16(17)22/h4-10H,11-13H2,1-3H3,(H,23,26). The van der Waals surface area contributed by atoms with Gasteiger partial charge in [0, 0.05) is 23.6 Å². The Morgan fingerprint density at radius 3 is 2.54 bits per heavy atom. The highest BCUT2D eigenvalue weighted by Crippen LogP contribution is 2.24. The Kier molecular flexibility index (Phi) is 8.29. The van der Waals surface area contributed by atoms with Crippen LogP contribution in [0.2, 0.25) is 5.02 Å². The fourth-order valence-corrected chi connectivity index (χ4v) is 3.22. The fourth-order valence-electron chi connectivity index (χ4n) is 2.62. The summed E-state index contributed by atoms with van der Waals surface area (Å²) in [5.74, 6) is 0.293. The molecule has 2 rings (SSSR count). The molecule has 0 aromatic heterocycles. The minimum atomic E-state index is -0.305. The van der Waals surface area contributed by atoms with Crippen LogP contribution in [0.4, 0.5) is 5.69 Å². The van der Waals surface area contributed by atoms with E-state index in [1.807, 2.05) is 30.1 Å². The van der Waals surface area contributed by atoms with Crippen LogP contribution in [0.1, 0.15) is 5.56 Å². The fraction of sp³-hybridized carbons (Fsp3) is 0.300. The van der Waals surface area contributed by atoms with Crippen molar-refractivity contribution in [2.24, 2.45) is 0 Å². The molecule has 0 spiro atoms. The largest absolute Gasteiger partial charge is 0.496 e. The van der Waals surface area contributed by atoms with Crippen molar-refractivity contribution in [3.05, 3.63) is 57.5 Å². The van der Waals surface area contributed by atoms with Crippen molar-refractivity contribution in [1.82, 2.24) is 9.80 Å². The van der Waals surface area contributed by atoms with Gasteiger partial charge >= 0.3 is 0 Å². The lowest BCUT2D eigenvalue weighted by atomic mass is 10.2. The summed E-state index contributed by atoms with van der Waals surface area (Å²) in [6, 6.07) is 12.7. The molecule has 2 aromatic carbocycles. The van der Waals surface area contributed by atoms with Crippen molar-refractivity contribution in [2.75, 3.05) is 39.6 Å². The maximum Gasteiger partial charge on any atom is 0.244 e. The number of benzene rings is 2. The number of rotatable bonds is 8. The van der Waals surface area contributed by atoms with Gasteiger partial charge in [-0.1, -0.05) is 39.7 Å². The summed E-state index contributed by atoms with van der Waals surface area (Å²) in [7, 11) is 5.06. The molecule has 0 unspecified atom stereocenters. The minimum Gasteiger partial charge on any atom is -0.496 e. The van der Waals surface area contributed by atoms with Gasteiger partial charge in [0.15, 0.2) is 0 Å². The number of hydrogen-bond acceptors (Lipinski definition) is 4. The van der Waals surface area contributed by atoms with Crippen LogP contribution in [-0.2, 0) is 16.1 Å². The molecule has 0 radical (unpaired) electrons. The third-order valence-electron chi connectivity index (χ3n) is 4.04. The van der Waals surface area contributed by atoms with E-state index in [4.69, 9.17) is 16.3 Å². The molecule has 0 atom stereocenters. The van der Waals surface area contributed by atoms with Gasteiger partial charge in [-0.2, -0.15) is 0 Å². The second kappa shape index (κ2) is 10.5. The molecule has 2 amide bonds. The number of anilines is 1. The van der Waals surface area contributed by atoms with Gasteiger partial charge in [-0.05, 0) is 37.4 Å². The van der Waals surface area contributed by atoms with E-state index in [1.54, 1.807) is 38.4 Å². The maximum absolute atomic E-state index is 12.5. The predicted molar refractivity (Wildman–Crippen MR) is 115 cm³/mol. The average molecular weight is 469 g/mol. The van der Waals surface area contributed by atoms with Gasteiger partial charge in [-0.25, -0.2) is 0 Å². The molecule has 0 aliphatic carbocycles. The van der Waals surface area contributed by atoms with Crippen molar-refractivity contribution in [3.63, 3.8) is 0 Å². The highest BCUT2D eigenvalue weighted by atomic mass is 79.9. The van der Waals surface area contributed by atoms with E-state index < -0.39 is 0 Å². The van der Waals surface area contributed by atoms with Gasteiger partial charge < -0.3 is 15.0 Å². The zero-order valence-corrected chi connectivity index (χ0v) is 18.4. The second-order valence-electron chi connectivity index (χ2n) is 6.41. The molecule has 2 aromatic rings. The van der Waals surface area contributed by atoms with Crippen molar-refractivity contribution in [1.29, 1.82) is 0 Å². The van der Waals surface area contributed by atoms with Crippen LogP contribution < -0.4 is 10.1 Å². The number of nitrogens with zero attached hydrogens (tertiary/aromatic N) is 2. The Morgan fingerprint density at radius 2 is 1.86 bits per heavy atom. The number of methoxy groups -OCH3 is 1. The number of ether oxygens (including phenoxy) is 1. The van der Waals surface area contributed by atoms with Gasteiger partial charge in [0.2, 0.25) is 11.8 Å². The average Bonchev–Trinajstić information content (AvgIpc) is 2.63. The molecular weight excluding hydrogens is 446 g/mol. The van der Waals surface area contributed by atoms with Crippen LogP contribution in [0.25, 0.3) is 0 Å². The van der Waals surface area contributed by atoms with E-state index in [0.717, 1.165) is 15.8 Å². The molecule has 0 fully saturated rings. The molecule has 0 aliphatic rings. The summed E-state index contributed by atoms with van der Waals surface area (Å²) in [5, 5.41) is 3.16. The van der Waals surface area contributed by atoms with Crippen molar-refractivity contribution in [3.8, 4) is 5.75 Å². The van der Waals surface area contributed by atoms with Crippen LogP contribution in [-0.4, -0.2) is 55.9 Å². The Labute approximate surface area is 178 Å². The van der Waals surface area contributed by atoms with Crippen LogP contribution in [0.15, 0.2) is 46.9 Å². The first-order valence-electron chi connectivity index (χ1n) is 8.59. The quantitative estimate of drug-likeness (QED) is 0.642. The van der Waals surface area contributed by atoms with Crippen molar-refractivity contribution in [2.45, 2.75) is 6.54 Å². The third-order valence-corrected chi connectivity index (χ3v) is 4.87. The highest BCUT2D eigenvalue weighted by Gasteiger charge is 2.17. The lowest BCUT2D eigenvalue weighted by Gasteiger charge is -2.22. The van der Waals surface area contributed by atoms with Gasteiger partial charge in [0.1, 0.15) is 5.75 Å². The van der Waals surface area contributed by atoms with E-state index in [-0.39, 0.29) is 24.9 Å². The van der Waals surface area contributed by atoms with E-state index in [1.165, 1.54) is 4.90 Å². The van der Waals surface area contributed by atoms with Crippen molar-refractivity contribution < 1.29 is 14.3 Å².